The molecule has 0 N–H and O–H groups in total. The molecule has 1 fully saturated rings. The monoisotopic (exact) mass is 403 g/mol. The van der Waals surface area contributed by atoms with E-state index in [1.54, 1.807) is 11.8 Å². The number of pyridine rings is 1. The molecule has 2 aromatic carbocycles. The van der Waals surface area contributed by atoms with Crippen LogP contribution >= 0.6 is 11.8 Å². The van der Waals surface area contributed by atoms with E-state index in [1.807, 2.05) is 42.2 Å². The molecule has 29 heavy (non-hydrogen) atoms. The predicted molar refractivity (Wildman–Crippen MR) is 122 cm³/mol. The third-order valence-corrected chi connectivity index (χ3v) is 6.59. The zero-order valence-corrected chi connectivity index (χ0v) is 18.3. The lowest BCUT2D eigenvalue weighted by atomic mass is 10.0. The summed E-state index contributed by atoms with van der Waals surface area (Å²) >= 11 is 1.64. The van der Waals surface area contributed by atoms with Crippen molar-refractivity contribution in [1.82, 2.24) is 9.88 Å². The summed E-state index contributed by atoms with van der Waals surface area (Å²) in [6.07, 6.45) is 0. The van der Waals surface area contributed by atoms with Gasteiger partial charge in [0.1, 0.15) is 0 Å². The SMILES string of the molecule is Cc1ccc(C)c(N=C2SCC(C)(C)N2C(=O)c2cc(C)nc3ccccc23)c1. The highest BCUT2D eigenvalue weighted by atomic mass is 32.2. The Labute approximate surface area is 176 Å². The first kappa shape index (κ1) is 19.6. The van der Waals surface area contributed by atoms with Crippen LogP contribution in [0.15, 0.2) is 53.5 Å². The fourth-order valence-corrected chi connectivity index (χ4v) is 4.85. The molecular weight excluding hydrogens is 378 g/mol. The highest BCUT2D eigenvalue weighted by molar-refractivity contribution is 8.14. The Morgan fingerprint density at radius 2 is 1.86 bits per heavy atom. The van der Waals surface area contributed by atoms with Crippen LogP contribution in [-0.4, -0.2) is 32.3 Å². The number of hydrogen-bond donors (Lipinski definition) is 0. The summed E-state index contributed by atoms with van der Waals surface area (Å²) in [7, 11) is 0. The van der Waals surface area contributed by atoms with Crippen LogP contribution < -0.4 is 0 Å². The molecule has 5 heteroatoms. The standard InChI is InChI=1S/C24H25N3OS/c1-15-10-11-16(2)21(12-15)26-23-27(24(4,5)14-29-23)22(28)19-13-17(3)25-20-9-7-6-8-18(19)20/h6-13H,14H2,1-5H3. The molecule has 0 spiro atoms. The third kappa shape index (κ3) is 3.67. The van der Waals surface area contributed by atoms with Gasteiger partial charge in [-0.1, -0.05) is 42.1 Å². The van der Waals surface area contributed by atoms with Gasteiger partial charge < -0.3 is 0 Å². The lowest BCUT2D eigenvalue weighted by Gasteiger charge is -2.31. The number of aryl methyl sites for hydroxylation is 3. The highest BCUT2D eigenvalue weighted by Gasteiger charge is 2.42. The largest absolute Gasteiger partial charge is 0.281 e. The summed E-state index contributed by atoms with van der Waals surface area (Å²) in [5, 5.41) is 1.63. The van der Waals surface area contributed by atoms with Gasteiger partial charge in [0.25, 0.3) is 5.91 Å². The number of carbonyl (C=O) groups is 1. The van der Waals surface area contributed by atoms with Gasteiger partial charge >= 0.3 is 0 Å². The molecule has 1 aliphatic heterocycles. The molecule has 1 aromatic heterocycles. The Bertz CT molecular complexity index is 1150. The van der Waals surface area contributed by atoms with Gasteiger partial charge in [-0.25, -0.2) is 4.99 Å². The molecule has 148 valence electrons. The van der Waals surface area contributed by atoms with E-state index in [0.29, 0.717) is 5.56 Å². The molecule has 0 saturated carbocycles. The number of amidine groups is 1. The third-order valence-electron chi connectivity index (χ3n) is 5.21. The quantitative estimate of drug-likeness (QED) is 0.542. The molecule has 0 bridgehead atoms. The Morgan fingerprint density at radius 1 is 1.10 bits per heavy atom. The predicted octanol–water partition coefficient (Wildman–Crippen LogP) is 5.82. The zero-order chi connectivity index (χ0) is 20.8. The number of hydrogen-bond acceptors (Lipinski definition) is 4. The Hall–Kier alpha value is -2.66. The van der Waals surface area contributed by atoms with Crippen LogP contribution in [0.4, 0.5) is 5.69 Å². The first-order valence-electron chi connectivity index (χ1n) is 9.76. The van der Waals surface area contributed by atoms with Crippen LogP contribution in [0.2, 0.25) is 0 Å². The minimum atomic E-state index is -0.323. The van der Waals surface area contributed by atoms with Crippen molar-refractivity contribution in [3.05, 3.63) is 70.9 Å². The van der Waals surface area contributed by atoms with Crippen molar-refractivity contribution in [2.45, 2.75) is 40.2 Å². The summed E-state index contributed by atoms with van der Waals surface area (Å²) in [6.45, 7) is 10.2. The van der Waals surface area contributed by atoms with Gasteiger partial charge in [0.15, 0.2) is 5.17 Å². The molecule has 4 rings (SSSR count). The van der Waals surface area contributed by atoms with E-state index in [2.05, 4.69) is 50.9 Å². The number of thioether (sulfide) groups is 1. The van der Waals surface area contributed by atoms with E-state index in [9.17, 15) is 4.79 Å². The second kappa shape index (κ2) is 7.30. The van der Waals surface area contributed by atoms with E-state index >= 15 is 0 Å². The summed E-state index contributed by atoms with van der Waals surface area (Å²) in [4.78, 5) is 25.1. The smallest absolute Gasteiger partial charge is 0.261 e. The average molecular weight is 404 g/mol. The molecule has 0 aliphatic carbocycles. The van der Waals surface area contributed by atoms with E-state index in [-0.39, 0.29) is 11.4 Å². The maximum absolute atomic E-state index is 13.8. The van der Waals surface area contributed by atoms with Gasteiger partial charge in [-0.05, 0) is 63.9 Å². The summed E-state index contributed by atoms with van der Waals surface area (Å²) in [5.41, 5.74) is 5.21. The number of amides is 1. The van der Waals surface area contributed by atoms with E-state index in [1.165, 1.54) is 0 Å². The van der Waals surface area contributed by atoms with Crippen LogP contribution in [0.3, 0.4) is 0 Å². The second-order valence-corrected chi connectivity index (χ2v) is 9.20. The maximum Gasteiger partial charge on any atom is 0.261 e. The average Bonchev–Trinajstić information content (AvgIpc) is 2.97. The minimum Gasteiger partial charge on any atom is -0.281 e. The van der Waals surface area contributed by atoms with Crippen molar-refractivity contribution >= 4 is 39.4 Å². The number of benzene rings is 2. The molecule has 2 heterocycles. The van der Waals surface area contributed by atoms with Gasteiger partial charge in [-0.3, -0.25) is 14.7 Å². The molecule has 3 aromatic rings. The van der Waals surface area contributed by atoms with Gasteiger partial charge in [0, 0.05) is 16.8 Å². The molecule has 1 aliphatic rings. The lowest BCUT2D eigenvalue weighted by Crippen LogP contribution is -2.46. The normalized spacial score (nSPS) is 17.3. The molecule has 0 radical (unpaired) electrons. The van der Waals surface area contributed by atoms with Crippen LogP contribution in [0.25, 0.3) is 10.9 Å². The van der Waals surface area contributed by atoms with Crippen molar-refractivity contribution in [2.75, 3.05) is 5.75 Å². The fraction of sp³-hybridized carbons (Fsp3) is 0.292. The number of aromatic nitrogens is 1. The minimum absolute atomic E-state index is 0.0224. The summed E-state index contributed by atoms with van der Waals surface area (Å²) in [5.74, 6) is 0.788. The first-order valence-corrected chi connectivity index (χ1v) is 10.7. The van der Waals surface area contributed by atoms with Crippen molar-refractivity contribution < 1.29 is 4.79 Å². The summed E-state index contributed by atoms with van der Waals surface area (Å²) in [6, 6.07) is 15.9. The Morgan fingerprint density at radius 3 is 2.66 bits per heavy atom. The van der Waals surface area contributed by atoms with Gasteiger partial charge in [-0.15, -0.1) is 0 Å². The van der Waals surface area contributed by atoms with Crippen molar-refractivity contribution in [3.8, 4) is 0 Å². The Balaban J connectivity index is 1.84. The van der Waals surface area contributed by atoms with Gasteiger partial charge in [-0.2, -0.15) is 0 Å². The van der Waals surface area contributed by atoms with Gasteiger partial charge in [0.2, 0.25) is 0 Å². The zero-order valence-electron chi connectivity index (χ0n) is 17.5. The van der Waals surface area contributed by atoms with Crippen LogP contribution in [-0.2, 0) is 0 Å². The number of fused-ring (bicyclic) bond motifs is 1. The van der Waals surface area contributed by atoms with Crippen LogP contribution in [0.1, 0.15) is 41.0 Å². The Kier molecular flexibility index (Phi) is 4.95. The van der Waals surface area contributed by atoms with Crippen molar-refractivity contribution in [1.29, 1.82) is 0 Å². The van der Waals surface area contributed by atoms with Crippen molar-refractivity contribution in [3.63, 3.8) is 0 Å². The topological polar surface area (TPSA) is 45.6 Å². The molecule has 1 saturated heterocycles. The second-order valence-electron chi connectivity index (χ2n) is 8.25. The van der Waals surface area contributed by atoms with Crippen molar-refractivity contribution in [2.24, 2.45) is 4.99 Å². The number of rotatable bonds is 2. The highest BCUT2D eigenvalue weighted by Crippen LogP contribution is 2.37. The van der Waals surface area contributed by atoms with Crippen LogP contribution in [0.5, 0.6) is 0 Å². The molecule has 0 unspecified atom stereocenters. The van der Waals surface area contributed by atoms with Crippen LogP contribution in [0, 0.1) is 20.8 Å². The number of aliphatic imine (C=N–C) groups is 1. The van der Waals surface area contributed by atoms with E-state index in [0.717, 1.165) is 44.3 Å². The summed E-state index contributed by atoms with van der Waals surface area (Å²) < 4.78 is 0. The molecule has 0 atom stereocenters. The van der Waals surface area contributed by atoms with E-state index in [4.69, 9.17) is 4.99 Å². The fourth-order valence-electron chi connectivity index (χ4n) is 3.62. The number of carbonyl (C=O) groups excluding carboxylic acids is 1. The number of para-hydroxylation sites is 1. The first-order chi connectivity index (χ1) is 13.8. The maximum atomic E-state index is 13.8. The lowest BCUT2D eigenvalue weighted by molar-refractivity contribution is 0.0769. The number of nitrogens with zero attached hydrogens (tertiary/aromatic N) is 3. The van der Waals surface area contributed by atoms with E-state index < -0.39 is 0 Å². The molecular formula is C24H25N3OS. The molecule has 4 nitrogen and oxygen atoms in total. The van der Waals surface area contributed by atoms with Gasteiger partial charge in [0.05, 0.1) is 22.3 Å². The molecule has 1 amide bonds.